The Balaban J connectivity index is 3.35. The molecule has 0 fully saturated rings. The molecule has 3 nitrogen and oxygen atoms in total. The standard InChI is InChI=1S/C7H7ClN3/c1-4-2-7(11-10)5(8)3-6(4)9/h2-3H,9H2,1H3/q+1. The van der Waals surface area contributed by atoms with E-state index in [0.29, 0.717) is 16.4 Å². The maximum Gasteiger partial charge on any atom is 0.403 e. The fourth-order valence-corrected chi connectivity index (χ4v) is 0.968. The van der Waals surface area contributed by atoms with Crippen molar-refractivity contribution in [3.05, 3.63) is 27.7 Å². The molecule has 0 atom stereocenters. The highest BCUT2D eigenvalue weighted by atomic mass is 35.5. The van der Waals surface area contributed by atoms with Gasteiger partial charge in [0.1, 0.15) is 5.02 Å². The van der Waals surface area contributed by atoms with E-state index in [9.17, 15) is 0 Å². The number of anilines is 1. The molecule has 1 aromatic rings. The lowest BCUT2D eigenvalue weighted by atomic mass is 10.2. The minimum atomic E-state index is 0.346. The molecule has 0 amide bonds. The van der Waals surface area contributed by atoms with Crippen molar-refractivity contribution in [1.82, 2.24) is 0 Å². The first-order valence-electron chi connectivity index (χ1n) is 3.06. The zero-order valence-electron chi connectivity index (χ0n) is 6.00. The summed E-state index contributed by atoms with van der Waals surface area (Å²) in [5.74, 6) is 0. The number of nitrogens with zero attached hydrogens (tertiary/aromatic N) is 2. The van der Waals surface area contributed by atoms with E-state index < -0.39 is 0 Å². The van der Waals surface area contributed by atoms with Crippen molar-refractivity contribution in [3.63, 3.8) is 0 Å². The fraction of sp³-hybridized carbons (Fsp3) is 0.143. The first-order chi connectivity index (χ1) is 5.15. The van der Waals surface area contributed by atoms with Crippen LogP contribution in [-0.2, 0) is 0 Å². The molecule has 4 heteroatoms. The first kappa shape index (κ1) is 7.83. The van der Waals surface area contributed by atoms with Crippen molar-refractivity contribution in [2.75, 3.05) is 5.73 Å². The third-order valence-corrected chi connectivity index (χ3v) is 1.75. The van der Waals surface area contributed by atoms with E-state index in [-0.39, 0.29) is 0 Å². The molecule has 0 saturated heterocycles. The van der Waals surface area contributed by atoms with Crippen LogP contribution in [0.3, 0.4) is 0 Å². The molecule has 0 aromatic heterocycles. The van der Waals surface area contributed by atoms with E-state index >= 15 is 0 Å². The number of rotatable bonds is 0. The summed E-state index contributed by atoms with van der Waals surface area (Å²) in [5, 5.41) is 8.79. The predicted molar refractivity (Wildman–Crippen MR) is 45.3 cm³/mol. The third-order valence-electron chi connectivity index (χ3n) is 1.44. The first-order valence-corrected chi connectivity index (χ1v) is 3.43. The summed E-state index contributed by atoms with van der Waals surface area (Å²) in [6.07, 6.45) is 0. The Morgan fingerprint density at radius 3 is 2.73 bits per heavy atom. The highest BCUT2D eigenvalue weighted by Gasteiger charge is 2.12. The van der Waals surface area contributed by atoms with E-state index in [0.717, 1.165) is 5.56 Å². The van der Waals surface area contributed by atoms with Crippen molar-refractivity contribution in [2.24, 2.45) is 0 Å². The average molecular weight is 169 g/mol. The van der Waals surface area contributed by atoms with Gasteiger partial charge in [0.25, 0.3) is 0 Å². The maximum absolute atomic E-state index is 8.43. The second kappa shape index (κ2) is 2.77. The molecule has 0 radical (unpaired) electrons. The molecular formula is C7H7ClN3+. The number of halogens is 1. The van der Waals surface area contributed by atoms with E-state index in [2.05, 4.69) is 4.98 Å². The SMILES string of the molecule is Cc1cc([N+]#N)c(Cl)cc1N. The zero-order chi connectivity index (χ0) is 8.43. The highest BCUT2D eigenvalue weighted by Crippen LogP contribution is 2.29. The predicted octanol–water partition coefficient (Wildman–Crippen LogP) is 2.72. The number of hydrogen-bond donors (Lipinski definition) is 1. The van der Waals surface area contributed by atoms with Gasteiger partial charge in [0.15, 0.2) is 4.98 Å². The Hall–Kier alpha value is -1.27. The molecule has 11 heavy (non-hydrogen) atoms. The topological polar surface area (TPSA) is 54.2 Å². The fourth-order valence-electron chi connectivity index (χ4n) is 0.758. The minimum absolute atomic E-state index is 0.346. The van der Waals surface area contributed by atoms with Gasteiger partial charge in [0.05, 0.1) is 0 Å². The molecule has 0 bridgehead atoms. The van der Waals surface area contributed by atoms with Gasteiger partial charge in [-0.25, -0.2) is 0 Å². The van der Waals surface area contributed by atoms with E-state index in [1.54, 1.807) is 12.1 Å². The zero-order valence-corrected chi connectivity index (χ0v) is 6.76. The molecule has 0 aliphatic carbocycles. The van der Waals surface area contributed by atoms with E-state index in [1.165, 1.54) is 0 Å². The Kier molecular flexibility index (Phi) is 1.97. The summed E-state index contributed by atoms with van der Waals surface area (Å²) < 4.78 is 0. The van der Waals surface area contributed by atoms with Gasteiger partial charge in [0.2, 0.25) is 5.39 Å². The lowest BCUT2D eigenvalue weighted by Gasteiger charge is -1.95. The molecule has 0 spiro atoms. The van der Waals surface area contributed by atoms with Gasteiger partial charge in [-0.05, 0) is 18.6 Å². The summed E-state index contributed by atoms with van der Waals surface area (Å²) in [7, 11) is 0. The molecule has 56 valence electrons. The number of diazo groups is 1. The van der Waals surface area contributed by atoms with E-state index in [4.69, 9.17) is 22.7 Å². The van der Waals surface area contributed by atoms with Gasteiger partial charge in [-0.15, -0.1) is 0 Å². The van der Waals surface area contributed by atoms with Crippen LogP contribution >= 0.6 is 11.6 Å². The second-order valence-electron chi connectivity index (χ2n) is 2.26. The van der Waals surface area contributed by atoms with Crippen LogP contribution in [0.1, 0.15) is 5.56 Å². The summed E-state index contributed by atoms with van der Waals surface area (Å²) in [5.41, 5.74) is 7.33. The largest absolute Gasteiger partial charge is 0.403 e. The number of hydrogen-bond acceptors (Lipinski definition) is 2. The van der Waals surface area contributed by atoms with Crippen molar-refractivity contribution < 1.29 is 0 Å². The van der Waals surface area contributed by atoms with E-state index in [1.807, 2.05) is 6.92 Å². The number of nitrogens with two attached hydrogens (primary N) is 1. The van der Waals surface area contributed by atoms with Crippen LogP contribution in [0.25, 0.3) is 4.98 Å². The summed E-state index contributed by atoms with van der Waals surface area (Å²) >= 11 is 5.67. The normalized spacial score (nSPS) is 9.18. The Morgan fingerprint density at radius 1 is 1.55 bits per heavy atom. The average Bonchev–Trinajstić information content (AvgIpc) is 1.97. The van der Waals surface area contributed by atoms with Gasteiger partial charge in [-0.3, -0.25) is 0 Å². The summed E-state index contributed by atoms with van der Waals surface area (Å²) in [4.78, 5) is 2.98. The molecule has 0 aliphatic heterocycles. The van der Waals surface area contributed by atoms with Crippen LogP contribution in [0.15, 0.2) is 12.1 Å². The number of nitrogen functional groups attached to an aromatic ring is 1. The molecule has 0 aliphatic rings. The monoisotopic (exact) mass is 168 g/mol. The van der Waals surface area contributed by atoms with Crippen molar-refractivity contribution in [3.8, 4) is 0 Å². The Morgan fingerprint density at radius 2 is 2.18 bits per heavy atom. The number of benzene rings is 1. The molecule has 2 N–H and O–H groups in total. The highest BCUT2D eigenvalue weighted by molar-refractivity contribution is 6.33. The quantitative estimate of drug-likeness (QED) is 0.478. The molecule has 0 saturated carbocycles. The van der Waals surface area contributed by atoms with Gasteiger partial charge >= 0.3 is 5.69 Å². The molecule has 0 heterocycles. The van der Waals surface area contributed by atoms with Crippen LogP contribution in [0, 0.1) is 12.3 Å². The Labute approximate surface area is 69.4 Å². The molecular weight excluding hydrogens is 162 g/mol. The smallest absolute Gasteiger partial charge is 0.398 e. The van der Waals surface area contributed by atoms with Crippen LogP contribution in [0.2, 0.25) is 5.02 Å². The molecule has 1 aromatic carbocycles. The van der Waals surface area contributed by atoms with Crippen LogP contribution in [0.4, 0.5) is 11.4 Å². The Bertz CT molecular complexity index is 327. The molecule has 1 rings (SSSR count). The van der Waals surface area contributed by atoms with Crippen molar-refractivity contribution in [2.45, 2.75) is 6.92 Å². The third kappa shape index (κ3) is 1.41. The van der Waals surface area contributed by atoms with Gasteiger partial charge < -0.3 is 5.73 Å². The van der Waals surface area contributed by atoms with Gasteiger partial charge in [0, 0.05) is 11.8 Å². The minimum Gasteiger partial charge on any atom is -0.398 e. The lowest BCUT2D eigenvalue weighted by Crippen LogP contribution is -1.87. The van der Waals surface area contributed by atoms with Crippen LogP contribution in [0.5, 0.6) is 0 Å². The summed E-state index contributed by atoms with van der Waals surface area (Å²) in [6.45, 7) is 1.82. The maximum atomic E-state index is 8.43. The van der Waals surface area contributed by atoms with Crippen LogP contribution in [-0.4, -0.2) is 0 Å². The second-order valence-corrected chi connectivity index (χ2v) is 2.67. The van der Waals surface area contributed by atoms with Crippen molar-refractivity contribution in [1.29, 1.82) is 5.39 Å². The lowest BCUT2D eigenvalue weighted by molar-refractivity contribution is 1.43. The van der Waals surface area contributed by atoms with Crippen LogP contribution < -0.4 is 5.73 Å². The summed E-state index contributed by atoms with van der Waals surface area (Å²) in [6, 6.07) is 3.18. The van der Waals surface area contributed by atoms with Crippen molar-refractivity contribution >= 4 is 23.0 Å². The van der Waals surface area contributed by atoms with Gasteiger partial charge in [-0.1, -0.05) is 11.6 Å². The van der Waals surface area contributed by atoms with Gasteiger partial charge in [-0.2, -0.15) is 0 Å². The number of aryl methyl sites for hydroxylation is 1. The molecule has 0 unspecified atom stereocenters.